The molecule has 0 unspecified atom stereocenters. The highest BCUT2D eigenvalue weighted by atomic mass is 32.2. The van der Waals surface area contributed by atoms with Gasteiger partial charge in [0.2, 0.25) is 0 Å². The van der Waals surface area contributed by atoms with Crippen molar-refractivity contribution in [3.05, 3.63) is 24.7 Å². The molecule has 0 aliphatic rings. The number of nitrogens with one attached hydrogen (secondary N) is 3. The zero-order valence-corrected chi connectivity index (χ0v) is 8.32. The Morgan fingerprint density at radius 1 is 1.47 bits per heavy atom. The van der Waals surface area contributed by atoms with Gasteiger partial charge in [-0.3, -0.25) is 5.10 Å². The maximum atomic E-state index is 11.5. The second-order valence-corrected chi connectivity index (χ2v) is 4.41. The van der Waals surface area contributed by atoms with Crippen molar-refractivity contribution in [3.8, 4) is 0 Å². The fraction of sp³-hybridized carbons (Fsp3) is 0.167. The lowest BCUT2D eigenvalue weighted by molar-refractivity contribution is 0.576. The van der Waals surface area contributed by atoms with Crippen LogP contribution in [0.3, 0.4) is 0 Å². The van der Waals surface area contributed by atoms with Crippen molar-refractivity contribution < 1.29 is 8.42 Å². The molecule has 0 bridgehead atoms. The van der Waals surface area contributed by atoms with Crippen molar-refractivity contribution in [1.82, 2.24) is 29.9 Å². The summed E-state index contributed by atoms with van der Waals surface area (Å²) in [5, 5.41) is 6.15. The van der Waals surface area contributed by atoms with Gasteiger partial charge in [-0.2, -0.15) is 5.10 Å². The third-order valence-electron chi connectivity index (χ3n) is 1.66. The standard InChI is InChI=1S/C6H8N6O2S/c13-15(14,6-2-7-3-9-6)11-1-5-8-4-10-12-5/h2-4,11H,1H2,(H,7,9)(H,8,10,12). The zero-order valence-electron chi connectivity index (χ0n) is 7.51. The summed E-state index contributed by atoms with van der Waals surface area (Å²) < 4.78 is 25.4. The first-order chi connectivity index (χ1) is 7.18. The molecule has 0 saturated carbocycles. The SMILES string of the molecule is O=S(=O)(NCc1ncn[nH]1)c1cnc[nH]1. The van der Waals surface area contributed by atoms with Gasteiger partial charge in [-0.1, -0.05) is 0 Å². The highest BCUT2D eigenvalue weighted by Crippen LogP contribution is 2.02. The average Bonchev–Trinajstić information content (AvgIpc) is 2.88. The zero-order chi connectivity index (χ0) is 10.7. The van der Waals surface area contributed by atoms with Gasteiger partial charge in [0.15, 0.2) is 5.03 Å². The number of nitrogens with zero attached hydrogens (tertiary/aromatic N) is 3. The fourth-order valence-corrected chi connectivity index (χ4v) is 1.84. The van der Waals surface area contributed by atoms with E-state index in [1.807, 2.05) is 0 Å². The van der Waals surface area contributed by atoms with Crippen LogP contribution in [-0.4, -0.2) is 33.6 Å². The van der Waals surface area contributed by atoms with Gasteiger partial charge in [-0.15, -0.1) is 0 Å². The summed E-state index contributed by atoms with van der Waals surface area (Å²) in [6, 6.07) is 0. The van der Waals surface area contributed by atoms with E-state index in [1.165, 1.54) is 18.9 Å². The van der Waals surface area contributed by atoms with Gasteiger partial charge in [0.05, 0.1) is 19.1 Å². The number of sulfonamides is 1. The average molecular weight is 228 g/mol. The number of hydrogen-bond donors (Lipinski definition) is 3. The summed E-state index contributed by atoms with van der Waals surface area (Å²) in [5.41, 5.74) is 0. The van der Waals surface area contributed by atoms with Crippen molar-refractivity contribution in [2.45, 2.75) is 11.6 Å². The van der Waals surface area contributed by atoms with E-state index in [2.05, 4.69) is 29.9 Å². The number of hydrogen-bond acceptors (Lipinski definition) is 5. The molecule has 0 fully saturated rings. The van der Waals surface area contributed by atoms with Crippen molar-refractivity contribution >= 4 is 10.0 Å². The van der Waals surface area contributed by atoms with Crippen LogP contribution in [0.15, 0.2) is 23.9 Å². The molecule has 2 rings (SSSR count). The van der Waals surface area contributed by atoms with Crippen molar-refractivity contribution in [2.75, 3.05) is 0 Å². The lowest BCUT2D eigenvalue weighted by Gasteiger charge is -2.01. The molecule has 80 valence electrons. The molecular weight excluding hydrogens is 220 g/mol. The monoisotopic (exact) mass is 228 g/mol. The summed E-state index contributed by atoms with van der Waals surface area (Å²) in [6.45, 7) is 0.0569. The van der Waals surface area contributed by atoms with Gasteiger partial charge in [0.25, 0.3) is 10.0 Å². The first-order valence-electron chi connectivity index (χ1n) is 4.01. The molecule has 0 aliphatic carbocycles. The molecule has 0 spiro atoms. The molecule has 3 N–H and O–H groups in total. The predicted octanol–water partition coefficient (Wildman–Crippen LogP) is -0.994. The van der Waals surface area contributed by atoms with Gasteiger partial charge >= 0.3 is 0 Å². The molecule has 2 aromatic heterocycles. The predicted molar refractivity (Wildman–Crippen MR) is 49.0 cm³/mol. The third kappa shape index (κ3) is 2.19. The number of H-pyrrole nitrogens is 2. The fourth-order valence-electron chi connectivity index (χ4n) is 0.947. The molecule has 0 amide bonds. The Hall–Kier alpha value is -1.74. The van der Waals surface area contributed by atoms with Gasteiger partial charge in [0, 0.05) is 0 Å². The van der Waals surface area contributed by atoms with Crippen LogP contribution in [0.1, 0.15) is 5.82 Å². The number of aromatic amines is 2. The van der Waals surface area contributed by atoms with Crippen LogP contribution in [0.5, 0.6) is 0 Å². The molecule has 0 radical (unpaired) electrons. The van der Waals surface area contributed by atoms with E-state index in [-0.39, 0.29) is 11.6 Å². The van der Waals surface area contributed by atoms with Crippen molar-refractivity contribution in [3.63, 3.8) is 0 Å². The Balaban J connectivity index is 2.06. The maximum absolute atomic E-state index is 11.5. The van der Waals surface area contributed by atoms with Gasteiger partial charge < -0.3 is 4.98 Å². The van der Waals surface area contributed by atoms with E-state index in [9.17, 15) is 8.42 Å². The highest BCUT2D eigenvalue weighted by molar-refractivity contribution is 7.89. The molecule has 9 heteroatoms. The highest BCUT2D eigenvalue weighted by Gasteiger charge is 2.15. The molecule has 2 aromatic rings. The van der Waals surface area contributed by atoms with Gasteiger partial charge in [-0.25, -0.2) is 23.1 Å². The van der Waals surface area contributed by atoms with E-state index in [0.717, 1.165) is 0 Å². The minimum Gasteiger partial charge on any atom is -0.335 e. The van der Waals surface area contributed by atoms with Crippen LogP contribution in [-0.2, 0) is 16.6 Å². The Labute approximate surface area is 85.2 Å². The molecule has 0 saturated heterocycles. The van der Waals surface area contributed by atoms with Crippen LogP contribution in [0.25, 0.3) is 0 Å². The minimum atomic E-state index is -3.55. The molecule has 8 nitrogen and oxygen atoms in total. The summed E-state index contributed by atoms with van der Waals surface area (Å²) in [4.78, 5) is 9.90. The first kappa shape index (κ1) is 9.80. The quantitative estimate of drug-likeness (QED) is 0.621. The van der Waals surface area contributed by atoms with Gasteiger partial charge in [-0.05, 0) is 0 Å². The van der Waals surface area contributed by atoms with Crippen LogP contribution < -0.4 is 4.72 Å². The number of aromatic nitrogens is 5. The van der Waals surface area contributed by atoms with Crippen molar-refractivity contribution in [2.24, 2.45) is 0 Å². The molecule has 0 atom stereocenters. The van der Waals surface area contributed by atoms with Crippen LogP contribution in [0.2, 0.25) is 0 Å². The lowest BCUT2D eigenvalue weighted by Crippen LogP contribution is -2.24. The van der Waals surface area contributed by atoms with E-state index in [1.54, 1.807) is 0 Å². The molecule has 2 heterocycles. The first-order valence-corrected chi connectivity index (χ1v) is 5.49. The van der Waals surface area contributed by atoms with Crippen LogP contribution in [0, 0.1) is 0 Å². The minimum absolute atomic E-state index is 0.0158. The van der Waals surface area contributed by atoms with Crippen LogP contribution in [0.4, 0.5) is 0 Å². The summed E-state index contributed by atoms with van der Waals surface area (Å²) in [7, 11) is -3.55. The summed E-state index contributed by atoms with van der Waals surface area (Å²) in [5.74, 6) is 0.443. The maximum Gasteiger partial charge on any atom is 0.258 e. The van der Waals surface area contributed by atoms with Gasteiger partial charge in [0.1, 0.15) is 12.2 Å². The number of rotatable bonds is 4. The Morgan fingerprint density at radius 2 is 2.33 bits per heavy atom. The van der Waals surface area contributed by atoms with E-state index in [0.29, 0.717) is 5.82 Å². The second kappa shape index (κ2) is 3.79. The van der Waals surface area contributed by atoms with E-state index >= 15 is 0 Å². The van der Waals surface area contributed by atoms with Crippen LogP contribution >= 0.6 is 0 Å². The Morgan fingerprint density at radius 3 is 2.93 bits per heavy atom. The topological polar surface area (TPSA) is 116 Å². The molecule has 0 aromatic carbocycles. The third-order valence-corrected chi connectivity index (χ3v) is 2.98. The molecule has 0 aliphatic heterocycles. The van der Waals surface area contributed by atoms with Crippen molar-refractivity contribution in [1.29, 1.82) is 0 Å². The summed E-state index contributed by atoms with van der Waals surface area (Å²) in [6.07, 6.45) is 3.82. The van der Waals surface area contributed by atoms with E-state index < -0.39 is 10.0 Å². The smallest absolute Gasteiger partial charge is 0.258 e. The summed E-state index contributed by atoms with van der Waals surface area (Å²) >= 11 is 0. The molecule has 15 heavy (non-hydrogen) atoms. The lowest BCUT2D eigenvalue weighted by atomic mass is 10.6. The Bertz CT molecular complexity index is 502. The Kier molecular flexibility index (Phi) is 2.47. The molecular formula is C6H8N6O2S. The second-order valence-electron chi connectivity index (χ2n) is 2.67. The number of imidazole rings is 1. The normalized spacial score (nSPS) is 11.7. The largest absolute Gasteiger partial charge is 0.335 e. The van der Waals surface area contributed by atoms with E-state index in [4.69, 9.17) is 0 Å².